The van der Waals surface area contributed by atoms with E-state index >= 15 is 0 Å². The van der Waals surface area contributed by atoms with Crippen LogP contribution in [0.5, 0.6) is 0 Å². The molecule has 0 unspecified atom stereocenters. The van der Waals surface area contributed by atoms with Crippen LogP contribution < -0.4 is 10.0 Å². The Hall–Kier alpha value is -3.42. The minimum absolute atomic E-state index is 0.202. The van der Waals surface area contributed by atoms with Gasteiger partial charge in [0, 0.05) is 26.9 Å². The van der Waals surface area contributed by atoms with E-state index in [4.69, 9.17) is 11.6 Å². The first kappa shape index (κ1) is 26.6. The molecule has 6 nitrogen and oxygen atoms in total. The first-order chi connectivity index (χ1) is 17.5. The number of hydrogen-bond acceptors (Lipinski definition) is 5. The summed E-state index contributed by atoms with van der Waals surface area (Å²) >= 11 is 7.76. The van der Waals surface area contributed by atoms with Gasteiger partial charge < -0.3 is 20.0 Å². The van der Waals surface area contributed by atoms with E-state index in [9.17, 15) is 14.7 Å². The molecule has 0 atom stereocenters. The molecule has 1 fully saturated rings. The van der Waals surface area contributed by atoms with Crippen LogP contribution in [0.1, 0.15) is 34.0 Å². The maximum Gasteiger partial charge on any atom is 0.333 e. The molecule has 1 saturated heterocycles. The number of aliphatic carboxylic acids is 1. The number of likely N-dealkylation sites (tertiary alicyclic amines) is 1. The summed E-state index contributed by atoms with van der Waals surface area (Å²) in [6, 6.07) is 17.7. The average molecular weight is 536 g/mol. The number of amides is 1. The Kier molecular flexibility index (Phi) is 7.57. The molecule has 0 aliphatic carbocycles. The topological polar surface area (TPSA) is 81.7 Å². The van der Waals surface area contributed by atoms with Gasteiger partial charge in [0.05, 0.1) is 13.1 Å². The standard InChI is InChI=1S/C29H30ClN3O3S/c1-17(2)33-15-29(16-33,28(35)36)31-27(34)24-10-9-22(11-18(24)3)21-7-6-8-23(14-21)32-37-26-13-19(4)25(30)12-20(26)5/h6-14,32H,1,15-16H2,2-5H3,(H,31,34)(H,35,36). The number of carboxylic acids is 1. The molecule has 192 valence electrons. The van der Waals surface area contributed by atoms with Gasteiger partial charge in [-0.1, -0.05) is 42.4 Å². The lowest BCUT2D eigenvalue weighted by Gasteiger charge is -2.48. The molecular weight excluding hydrogens is 506 g/mol. The number of hydrogen-bond donors (Lipinski definition) is 3. The second-order valence-electron chi connectivity index (χ2n) is 9.61. The van der Waals surface area contributed by atoms with E-state index in [-0.39, 0.29) is 13.1 Å². The fourth-order valence-corrected chi connectivity index (χ4v) is 5.29. The highest BCUT2D eigenvalue weighted by Gasteiger charge is 2.51. The minimum Gasteiger partial charge on any atom is -0.479 e. The molecule has 3 N–H and O–H groups in total. The Morgan fingerprint density at radius 3 is 2.35 bits per heavy atom. The molecule has 1 amide bonds. The smallest absolute Gasteiger partial charge is 0.333 e. The van der Waals surface area contributed by atoms with Gasteiger partial charge in [-0.2, -0.15) is 0 Å². The fraction of sp³-hybridized carbons (Fsp3) is 0.241. The molecular formula is C29H30ClN3O3S. The molecule has 0 spiro atoms. The quantitative estimate of drug-likeness (QED) is 0.287. The third-order valence-corrected chi connectivity index (χ3v) is 8.03. The Labute approximate surface area is 226 Å². The normalized spacial score (nSPS) is 14.0. The second-order valence-corrected chi connectivity index (χ2v) is 10.9. The number of carboxylic acid groups (broad SMARTS) is 1. The summed E-state index contributed by atoms with van der Waals surface area (Å²) in [5.41, 5.74) is 5.75. The molecule has 3 aromatic rings. The van der Waals surface area contributed by atoms with Crippen molar-refractivity contribution in [2.75, 3.05) is 17.8 Å². The van der Waals surface area contributed by atoms with Crippen molar-refractivity contribution in [2.45, 2.75) is 38.1 Å². The van der Waals surface area contributed by atoms with Gasteiger partial charge >= 0.3 is 5.97 Å². The van der Waals surface area contributed by atoms with Crippen molar-refractivity contribution in [3.8, 4) is 11.1 Å². The van der Waals surface area contributed by atoms with Gasteiger partial charge in [0.2, 0.25) is 0 Å². The van der Waals surface area contributed by atoms with E-state index in [0.29, 0.717) is 5.56 Å². The van der Waals surface area contributed by atoms with Crippen molar-refractivity contribution >= 4 is 41.1 Å². The summed E-state index contributed by atoms with van der Waals surface area (Å²) in [7, 11) is 0. The molecule has 1 aliphatic rings. The van der Waals surface area contributed by atoms with Gasteiger partial charge in [0.25, 0.3) is 5.91 Å². The summed E-state index contributed by atoms with van der Waals surface area (Å²) in [5.74, 6) is -1.44. The van der Waals surface area contributed by atoms with E-state index in [1.807, 2.05) is 69.0 Å². The number of rotatable bonds is 8. The molecule has 1 aliphatic heterocycles. The molecule has 0 bridgehead atoms. The zero-order chi connectivity index (χ0) is 26.9. The van der Waals surface area contributed by atoms with Crippen molar-refractivity contribution in [1.29, 1.82) is 0 Å². The van der Waals surface area contributed by atoms with Crippen LogP contribution in [0.25, 0.3) is 11.1 Å². The predicted molar refractivity (Wildman–Crippen MR) is 151 cm³/mol. The lowest BCUT2D eigenvalue weighted by Crippen LogP contribution is -2.73. The Bertz CT molecular complexity index is 1400. The summed E-state index contributed by atoms with van der Waals surface area (Å²) < 4.78 is 3.41. The highest BCUT2D eigenvalue weighted by Crippen LogP contribution is 2.31. The van der Waals surface area contributed by atoms with Gasteiger partial charge in [0.15, 0.2) is 5.54 Å². The van der Waals surface area contributed by atoms with Crippen LogP contribution in [0.4, 0.5) is 5.69 Å². The number of halogens is 1. The van der Waals surface area contributed by atoms with Crippen LogP contribution in [0, 0.1) is 20.8 Å². The van der Waals surface area contributed by atoms with Crippen molar-refractivity contribution < 1.29 is 14.7 Å². The second kappa shape index (κ2) is 10.5. The van der Waals surface area contributed by atoms with Gasteiger partial charge in [-0.25, -0.2) is 4.79 Å². The van der Waals surface area contributed by atoms with Crippen LogP contribution in [-0.2, 0) is 4.79 Å². The number of benzene rings is 3. The maximum atomic E-state index is 13.0. The molecule has 3 aromatic carbocycles. The monoisotopic (exact) mass is 535 g/mol. The fourth-order valence-electron chi connectivity index (χ4n) is 4.27. The highest BCUT2D eigenvalue weighted by molar-refractivity contribution is 8.00. The van der Waals surface area contributed by atoms with Crippen LogP contribution in [0.2, 0.25) is 5.02 Å². The third-order valence-electron chi connectivity index (χ3n) is 6.63. The van der Waals surface area contributed by atoms with E-state index in [1.54, 1.807) is 6.07 Å². The lowest BCUT2D eigenvalue weighted by atomic mass is 9.88. The minimum atomic E-state index is -1.31. The molecule has 4 rings (SSSR count). The number of carbonyl (C=O) groups is 2. The largest absolute Gasteiger partial charge is 0.479 e. The highest BCUT2D eigenvalue weighted by atomic mass is 35.5. The van der Waals surface area contributed by atoms with Crippen molar-refractivity contribution in [3.05, 3.63) is 94.1 Å². The predicted octanol–water partition coefficient (Wildman–Crippen LogP) is 6.45. The van der Waals surface area contributed by atoms with E-state index < -0.39 is 17.4 Å². The molecule has 0 radical (unpaired) electrons. The number of anilines is 1. The van der Waals surface area contributed by atoms with Crippen LogP contribution in [0.3, 0.4) is 0 Å². The van der Waals surface area contributed by atoms with E-state index in [0.717, 1.165) is 49.1 Å². The number of allylic oxidation sites excluding steroid dienone is 1. The summed E-state index contributed by atoms with van der Waals surface area (Å²) in [4.78, 5) is 27.9. The van der Waals surface area contributed by atoms with Crippen molar-refractivity contribution in [1.82, 2.24) is 10.2 Å². The number of aryl methyl sites for hydroxylation is 3. The number of carbonyl (C=O) groups excluding carboxylic acids is 1. The zero-order valence-corrected chi connectivity index (χ0v) is 22.9. The number of nitrogens with zero attached hydrogens (tertiary/aromatic N) is 1. The zero-order valence-electron chi connectivity index (χ0n) is 21.3. The molecule has 8 heteroatoms. The SMILES string of the molecule is C=C(C)N1CC(NC(=O)c2ccc(-c3cccc(NSc4cc(C)c(Cl)cc4C)c3)cc2C)(C(=O)O)C1. The molecule has 0 saturated carbocycles. The Morgan fingerprint density at radius 1 is 1.00 bits per heavy atom. The van der Waals surface area contributed by atoms with E-state index in [2.05, 4.69) is 28.8 Å². The first-order valence-corrected chi connectivity index (χ1v) is 13.1. The maximum absolute atomic E-state index is 13.0. The van der Waals surface area contributed by atoms with Crippen LogP contribution >= 0.6 is 23.5 Å². The molecule has 1 heterocycles. The van der Waals surface area contributed by atoms with E-state index in [1.165, 1.54) is 11.9 Å². The van der Waals surface area contributed by atoms with Crippen molar-refractivity contribution in [3.63, 3.8) is 0 Å². The lowest BCUT2D eigenvalue weighted by molar-refractivity contribution is -0.150. The molecule has 0 aromatic heterocycles. The van der Waals surface area contributed by atoms with Gasteiger partial charge in [-0.3, -0.25) is 4.79 Å². The Morgan fingerprint density at radius 2 is 1.70 bits per heavy atom. The summed E-state index contributed by atoms with van der Waals surface area (Å²) in [5, 5.41) is 13.2. The summed E-state index contributed by atoms with van der Waals surface area (Å²) in [6.45, 7) is 11.9. The number of nitrogens with one attached hydrogen (secondary N) is 2. The van der Waals surface area contributed by atoms with Crippen LogP contribution in [-0.4, -0.2) is 40.5 Å². The first-order valence-electron chi connectivity index (χ1n) is 11.9. The molecule has 37 heavy (non-hydrogen) atoms. The van der Waals surface area contributed by atoms with Crippen molar-refractivity contribution in [2.24, 2.45) is 0 Å². The summed E-state index contributed by atoms with van der Waals surface area (Å²) in [6.07, 6.45) is 0. The average Bonchev–Trinajstić information content (AvgIpc) is 2.82. The van der Waals surface area contributed by atoms with Gasteiger partial charge in [0.1, 0.15) is 0 Å². The third kappa shape index (κ3) is 5.63. The van der Waals surface area contributed by atoms with Gasteiger partial charge in [-0.15, -0.1) is 0 Å². The van der Waals surface area contributed by atoms with Gasteiger partial charge in [-0.05, 0) is 97.8 Å². The van der Waals surface area contributed by atoms with Crippen LogP contribution in [0.15, 0.2) is 71.8 Å². The Balaban J connectivity index is 1.48.